The molecule has 2 fully saturated rings. The summed E-state index contributed by atoms with van der Waals surface area (Å²) in [6.45, 7) is 0. The van der Waals surface area contributed by atoms with E-state index in [1.807, 2.05) is 70.3 Å². The van der Waals surface area contributed by atoms with Crippen LogP contribution in [0.25, 0.3) is 5.57 Å². The third-order valence-corrected chi connectivity index (χ3v) is 5.24. The van der Waals surface area contributed by atoms with Gasteiger partial charge in [-0.1, -0.05) is 53.9 Å². The van der Waals surface area contributed by atoms with Crippen molar-refractivity contribution in [2.45, 2.75) is 5.92 Å². The second kappa shape index (κ2) is 14.4. The van der Waals surface area contributed by atoms with Gasteiger partial charge >= 0.3 is 26.2 Å². The van der Waals surface area contributed by atoms with Gasteiger partial charge in [-0.3, -0.25) is 0 Å². The quantitative estimate of drug-likeness (QED) is 0.261. The SMILES string of the molecule is [C-](=C(c1ccccc1)C1[CH-]c2ccccc21)c1ccccc1.[CH]1[CH][CH][CH][CH]1.[CH]1[CH][CH][CH][CH]1.[Zr+2]. The molecule has 0 heterocycles. The molecule has 0 bridgehead atoms. The van der Waals surface area contributed by atoms with Crippen LogP contribution in [0.1, 0.15) is 28.2 Å². The molecule has 33 heavy (non-hydrogen) atoms. The first kappa shape index (κ1) is 25.8. The summed E-state index contributed by atoms with van der Waals surface area (Å²) < 4.78 is 0. The van der Waals surface area contributed by atoms with Crippen LogP contribution in [0, 0.1) is 76.7 Å². The molecule has 6 rings (SSSR count). The number of allylic oxidation sites excluding steroid dienone is 1. The van der Waals surface area contributed by atoms with Crippen molar-refractivity contribution >= 4 is 5.57 Å². The minimum absolute atomic E-state index is 0. The Kier molecular flexibility index (Phi) is 11.3. The molecular weight excluding hydrogens is 476 g/mol. The van der Waals surface area contributed by atoms with Crippen LogP contribution in [-0.2, 0) is 26.2 Å². The van der Waals surface area contributed by atoms with E-state index in [2.05, 4.69) is 91.4 Å². The van der Waals surface area contributed by atoms with Crippen LogP contribution in [0.2, 0.25) is 0 Å². The molecule has 1 unspecified atom stereocenters. The Hall–Kier alpha value is -1.85. The van der Waals surface area contributed by atoms with E-state index in [-0.39, 0.29) is 26.2 Å². The number of fused-ring (bicyclic) bond motifs is 1. The molecule has 0 nitrogen and oxygen atoms in total. The molecule has 10 radical (unpaired) electrons. The Bertz CT molecular complexity index is 925. The Labute approximate surface area is 220 Å². The fraction of sp³-hybridized carbons (Fsp3) is 0.0312. The molecular formula is C32H26Zr. The molecule has 3 aliphatic carbocycles. The van der Waals surface area contributed by atoms with Crippen molar-refractivity contribution in [1.82, 2.24) is 0 Å². The molecule has 1 heteroatoms. The van der Waals surface area contributed by atoms with Crippen LogP contribution in [0.15, 0.2) is 84.9 Å². The first-order chi connectivity index (χ1) is 15.9. The summed E-state index contributed by atoms with van der Waals surface area (Å²) in [6, 6.07) is 29.5. The van der Waals surface area contributed by atoms with Gasteiger partial charge in [0.2, 0.25) is 0 Å². The van der Waals surface area contributed by atoms with Crippen LogP contribution in [-0.4, -0.2) is 0 Å². The molecule has 158 valence electrons. The van der Waals surface area contributed by atoms with Crippen molar-refractivity contribution in [1.29, 1.82) is 0 Å². The molecule has 3 aromatic carbocycles. The van der Waals surface area contributed by atoms with Gasteiger partial charge in [0, 0.05) is 0 Å². The van der Waals surface area contributed by atoms with Gasteiger partial charge in [0.25, 0.3) is 0 Å². The number of benzene rings is 3. The third-order valence-electron chi connectivity index (χ3n) is 5.24. The van der Waals surface area contributed by atoms with Crippen LogP contribution in [0.4, 0.5) is 0 Å². The first-order valence-corrected chi connectivity index (χ1v) is 10.9. The van der Waals surface area contributed by atoms with Crippen molar-refractivity contribution in [3.05, 3.63) is 184 Å². The van der Waals surface area contributed by atoms with Crippen LogP contribution < -0.4 is 0 Å². The fourth-order valence-electron chi connectivity index (χ4n) is 3.62. The van der Waals surface area contributed by atoms with Crippen molar-refractivity contribution in [3.8, 4) is 0 Å². The van der Waals surface area contributed by atoms with Gasteiger partial charge in [-0.15, -0.1) is 53.6 Å². The smallest absolute Gasteiger partial charge is 0.189 e. The second-order valence-corrected chi connectivity index (χ2v) is 7.47. The molecule has 3 aromatic rings. The van der Waals surface area contributed by atoms with Gasteiger partial charge in [0.15, 0.2) is 0 Å². The van der Waals surface area contributed by atoms with E-state index in [1.54, 1.807) is 0 Å². The topological polar surface area (TPSA) is 0 Å². The van der Waals surface area contributed by atoms with Crippen LogP contribution in [0.3, 0.4) is 0 Å². The fourth-order valence-corrected chi connectivity index (χ4v) is 3.62. The summed E-state index contributed by atoms with van der Waals surface area (Å²) in [7, 11) is 0. The summed E-state index contributed by atoms with van der Waals surface area (Å²) in [4.78, 5) is 0. The molecule has 0 saturated heterocycles. The molecule has 0 spiro atoms. The monoisotopic (exact) mass is 500 g/mol. The van der Waals surface area contributed by atoms with Crippen molar-refractivity contribution in [2.24, 2.45) is 0 Å². The van der Waals surface area contributed by atoms with Crippen molar-refractivity contribution in [2.75, 3.05) is 0 Å². The average molecular weight is 502 g/mol. The molecule has 3 aliphatic rings. The van der Waals surface area contributed by atoms with Gasteiger partial charge in [-0.05, 0) is 64.2 Å². The van der Waals surface area contributed by atoms with Crippen LogP contribution >= 0.6 is 0 Å². The van der Waals surface area contributed by atoms with Gasteiger partial charge in [-0.2, -0.15) is 23.6 Å². The first-order valence-electron chi connectivity index (χ1n) is 10.9. The standard InChI is InChI=1S/C22H16.2C5H5.Zr/c1-3-9-17(10-4-1)15-21(18-11-5-2-6-12-18)22-16-19-13-7-8-14-20(19)22;2*1-2-4-5-3-1;/h1-14,16,22H;2*1-5H;/q-2;;;+2. The molecule has 0 N–H and O–H groups in total. The van der Waals surface area contributed by atoms with E-state index < -0.39 is 0 Å². The minimum atomic E-state index is 0. The summed E-state index contributed by atoms with van der Waals surface area (Å²) >= 11 is 0. The number of rotatable bonds is 3. The molecule has 0 aliphatic heterocycles. The molecule has 2 saturated carbocycles. The van der Waals surface area contributed by atoms with E-state index >= 15 is 0 Å². The predicted molar refractivity (Wildman–Crippen MR) is 134 cm³/mol. The Morgan fingerprint density at radius 2 is 1.00 bits per heavy atom. The molecule has 0 aromatic heterocycles. The van der Waals surface area contributed by atoms with E-state index in [4.69, 9.17) is 0 Å². The predicted octanol–water partition coefficient (Wildman–Crippen LogP) is 7.31. The molecule has 1 atom stereocenters. The molecule has 0 amide bonds. The summed E-state index contributed by atoms with van der Waals surface area (Å²) in [6.07, 6.45) is 26.0. The van der Waals surface area contributed by atoms with Gasteiger partial charge in [0.1, 0.15) is 0 Å². The van der Waals surface area contributed by atoms with E-state index in [0.29, 0.717) is 5.92 Å². The summed E-state index contributed by atoms with van der Waals surface area (Å²) in [5.74, 6) is 0.332. The zero-order valence-corrected chi connectivity index (χ0v) is 21.0. The average Bonchev–Trinajstić information content (AvgIpc) is 3.60. The van der Waals surface area contributed by atoms with E-state index in [9.17, 15) is 0 Å². The van der Waals surface area contributed by atoms with Crippen molar-refractivity contribution < 1.29 is 26.2 Å². The van der Waals surface area contributed by atoms with E-state index in [1.165, 1.54) is 22.3 Å². The maximum absolute atomic E-state index is 3.62. The Balaban J connectivity index is 0.000000230. The second-order valence-electron chi connectivity index (χ2n) is 7.47. The normalized spacial score (nSPS) is 18.2. The minimum Gasteiger partial charge on any atom is -0.189 e. The Morgan fingerprint density at radius 1 is 0.545 bits per heavy atom. The number of hydrogen-bond donors (Lipinski definition) is 0. The Morgan fingerprint density at radius 3 is 1.52 bits per heavy atom. The largest absolute Gasteiger partial charge is 2.00 e. The number of hydrogen-bond acceptors (Lipinski definition) is 0. The van der Waals surface area contributed by atoms with Gasteiger partial charge in [-0.25, -0.2) is 0 Å². The van der Waals surface area contributed by atoms with E-state index in [0.717, 1.165) is 5.56 Å². The van der Waals surface area contributed by atoms with Crippen LogP contribution in [0.5, 0.6) is 0 Å². The third kappa shape index (κ3) is 7.86. The zero-order chi connectivity index (χ0) is 21.8. The maximum atomic E-state index is 3.62. The zero-order valence-electron chi connectivity index (χ0n) is 18.5. The van der Waals surface area contributed by atoms with Crippen molar-refractivity contribution in [3.63, 3.8) is 0 Å². The maximum Gasteiger partial charge on any atom is 2.00 e. The summed E-state index contributed by atoms with van der Waals surface area (Å²) in [5, 5.41) is 0. The summed E-state index contributed by atoms with van der Waals surface area (Å²) in [5.41, 5.74) is 6.34. The van der Waals surface area contributed by atoms with Gasteiger partial charge in [0.05, 0.1) is 0 Å². The van der Waals surface area contributed by atoms with Gasteiger partial charge < -0.3 is 0 Å².